The van der Waals surface area contributed by atoms with Gasteiger partial charge in [0.25, 0.3) is 11.4 Å². The maximum Gasteiger partial charge on any atom is 0.280 e. The number of rotatable bonds is 2. The van der Waals surface area contributed by atoms with Gasteiger partial charge >= 0.3 is 0 Å². The molecule has 0 bridgehead atoms. The van der Waals surface area contributed by atoms with E-state index in [9.17, 15) is 0 Å². The Morgan fingerprint density at radius 1 is 0.615 bits per heavy atom. The van der Waals surface area contributed by atoms with E-state index in [0.717, 1.165) is 0 Å². The number of pyridine rings is 2. The Balaban J connectivity index is 2.34. The maximum atomic E-state index is 2.37. The van der Waals surface area contributed by atoms with Crippen molar-refractivity contribution in [2.45, 2.75) is 41.5 Å². The van der Waals surface area contributed by atoms with Crippen LogP contribution in [0, 0.1) is 41.5 Å². The first kappa shape index (κ1) is 18.3. The third kappa shape index (κ3) is 3.05. The van der Waals surface area contributed by atoms with E-state index in [0.29, 0.717) is 0 Å². The summed E-state index contributed by atoms with van der Waals surface area (Å²) in [4.78, 5) is 0. The minimum atomic E-state index is 1.25. The molecule has 2 nitrogen and oxygen atoms in total. The first-order valence-electron chi connectivity index (χ1n) is 9.25. The number of aryl methyl sites for hydroxylation is 7. The van der Waals surface area contributed by atoms with Gasteiger partial charge in [-0.15, -0.1) is 0 Å². The van der Waals surface area contributed by atoms with E-state index >= 15 is 0 Å². The molecule has 0 radical (unpaired) electrons. The topological polar surface area (TPSA) is 7.76 Å². The average molecular weight is 347 g/mol. The molecule has 0 unspecified atom stereocenters. The number of hydrogen-bond acceptors (Lipinski definition) is 0. The molecule has 1 aromatic carbocycles. The monoisotopic (exact) mass is 346 g/mol. The van der Waals surface area contributed by atoms with Crippen molar-refractivity contribution in [2.24, 2.45) is 14.1 Å². The van der Waals surface area contributed by atoms with Gasteiger partial charge in [-0.2, -0.15) is 9.13 Å². The number of hydrogen-bond donors (Lipinski definition) is 0. The average Bonchev–Trinajstić information content (AvgIpc) is 2.53. The van der Waals surface area contributed by atoms with Gasteiger partial charge in [-0.05, 0) is 64.8 Å². The molecule has 3 rings (SSSR count). The number of aromatic nitrogens is 2. The summed E-state index contributed by atoms with van der Waals surface area (Å²) >= 11 is 0. The van der Waals surface area contributed by atoms with Crippen LogP contribution in [-0.2, 0) is 14.1 Å². The number of benzene rings is 1. The van der Waals surface area contributed by atoms with E-state index in [1.165, 1.54) is 56.0 Å². The van der Waals surface area contributed by atoms with E-state index in [-0.39, 0.29) is 0 Å². The van der Waals surface area contributed by atoms with Crippen LogP contribution in [0.2, 0.25) is 0 Å². The Kier molecular flexibility index (Phi) is 4.70. The van der Waals surface area contributed by atoms with Gasteiger partial charge in [-0.3, -0.25) is 0 Å². The van der Waals surface area contributed by atoms with Gasteiger partial charge in [0.05, 0.1) is 0 Å². The van der Waals surface area contributed by atoms with Crippen molar-refractivity contribution < 1.29 is 9.13 Å². The summed E-state index contributed by atoms with van der Waals surface area (Å²) in [7, 11) is 4.33. The Morgan fingerprint density at radius 2 is 1.27 bits per heavy atom. The molecule has 2 heteroatoms. The summed E-state index contributed by atoms with van der Waals surface area (Å²) < 4.78 is 4.61. The smallest absolute Gasteiger partial charge is 0.196 e. The van der Waals surface area contributed by atoms with Crippen LogP contribution in [0.3, 0.4) is 0 Å². The largest absolute Gasteiger partial charge is 0.280 e. The molecule has 26 heavy (non-hydrogen) atoms. The lowest BCUT2D eigenvalue weighted by molar-refractivity contribution is -0.685. The van der Waals surface area contributed by atoms with Crippen LogP contribution >= 0.6 is 0 Å². The van der Waals surface area contributed by atoms with Gasteiger partial charge in [0.1, 0.15) is 14.1 Å². The predicted molar refractivity (Wildman–Crippen MR) is 108 cm³/mol. The van der Waals surface area contributed by atoms with E-state index < -0.39 is 0 Å². The first-order chi connectivity index (χ1) is 12.2. The molecule has 2 heterocycles. The summed E-state index contributed by atoms with van der Waals surface area (Å²) in [6.07, 6.45) is 2.22. The second kappa shape index (κ2) is 6.68. The van der Waals surface area contributed by atoms with Gasteiger partial charge < -0.3 is 0 Å². The highest BCUT2D eigenvalue weighted by Crippen LogP contribution is 2.28. The summed E-state index contributed by atoms with van der Waals surface area (Å²) in [6, 6.07) is 11.4. The summed E-state index contributed by atoms with van der Waals surface area (Å²) in [5, 5.41) is 0. The molecule has 0 spiro atoms. The molecule has 0 amide bonds. The predicted octanol–water partition coefficient (Wildman–Crippen LogP) is 4.52. The van der Waals surface area contributed by atoms with E-state index in [1.54, 1.807) is 0 Å². The van der Waals surface area contributed by atoms with Crippen LogP contribution < -0.4 is 9.13 Å². The lowest BCUT2D eigenvalue weighted by atomic mass is 9.96. The third-order valence-electron chi connectivity index (χ3n) is 5.47. The molecule has 0 saturated heterocycles. The highest BCUT2D eigenvalue weighted by molar-refractivity contribution is 5.67. The van der Waals surface area contributed by atoms with Crippen LogP contribution in [0.1, 0.15) is 33.4 Å². The highest BCUT2D eigenvalue weighted by atomic mass is 15.0. The zero-order valence-corrected chi connectivity index (χ0v) is 17.4. The summed E-state index contributed by atoms with van der Waals surface area (Å²) in [5.74, 6) is 0. The minimum absolute atomic E-state index is 1.25. The Bertz CT molecular complexity index is 1010. The fourth-order valence-electron chi connectivity index (χ4n) is 4.07. The van der Waals surface area contributed by atoms with Gasteiger partial charge in [0.2, 0.25) is 5.69 Å². The quantitative estimate of drug-likeness (QED) is 0.603. The molecular weight excluding hydrogens is 316 g/mol. The molecule has 0 aliphatic rings. The number of nitrogens with zero attached hydrogens (tertiary/aromatic N) is 2. The van der Waals surface area contributed by atoms with Crippen molar-refractivity contribution in [2.75, 3.05) is 0 Å². The molecule has 2 aromatic heterocycles. The normalized spacial score (nSPS) is 11.1. The molecule has 0 atom stereocenters. The van der Waals surface area contributed by atoms with Crippen LogP contribution in [0.4, 0.5) is 0 Å². The van der Waals surface area contributed by atoms with Crippen LogP contribution in [0.25, 0.3) is 22.6 Å². The standard InChI is InChI=1S/C24H30N2/c1-15-9-10-21(17(3)11-15)23-18(4)12-19(5)24(26(23)8)22-13-16(2)20(6)14-25(22)7/h9-14H,1-8H3/q+2. The van der Waals surface area contributed by atoms with E-state index in [1.807, 2.05) is 0 Å². The lowest BCUT2D eigenvalue weighted by Gasteiger charge is -2.13. The van der Waals surface area contributed by atoms with Crippen molar-refractivity contribution >= 4 is 0 Å². The molecule has 0 fully saturated rings. The van der Waals surface area contributed by atoms with Gasteiger partial charge in [-0.1, -0.05) is 17.7 Å². The molecule has 0 aliphatic heterocycles. The van der Waals surface area contributed by atoms with Gasteiger partial charge in [-0.25, -0.2) is 0 Å². The molecule has 0 N–H and O–H groups in total. The van der Waals surface area contributed by atoms with Crippen molar-refractivity contribution in [3.63, 3.8) is 0 Å². The van der Waals surface area contributed by atoms with Crippen molar-refractivity contribution in [1.29, 1.82) is 0 Å². The SMILES string of the molecule is Cc1ccc(-c2c(C)cc(C)c(-c3cc(C)c(C)c[n+]3C)[n+]2C)c(C)c1. The zero-order valence-electron chi connectivity index (χ0n) is 17.4. The second-order valence-electron chi connectivity index (χ2n) is 7.72. The highest BCUT2D eigenvalue weighted by Gasteiger charge is 2.28. The molecule has 0 saturated carbocycles. The summed E-state index contributed by atoms with van der Waals surface area (Å²) in [6.45, 7) is 13.1. The Morgan fingerprint density at radius 3 is 1.92 bits per heavy atom. The first-order valence-corrected chi connectivity index (χ1v) is 9.25. The summed E-state index contributed by atoms with van der Waals surface area (Å²) in [5.41, 5.74) is 13.0. The third-order valence-corrected chi connectivity index (χ3v) is 5.47. The fraction of sp³-hybridized carbons (Fsp3) is 0.333. The molecule has 3 aromatic rings. The molecular formula is C24H30N2+2. The zero-order chi connectivity index (χ0) is 19.2. The fourth-order valence-corrected chi connectivity index (χ4v) is 4.07. The maximum absolute atomic E-state index is 2.37. The molecule has 134 valence electrons. The van der Waals surface area contributed by atoms with Crippen molar-refractivity contribution in [1.82, 2.24) is 0 Å². The minimum Gasteiger partial charge on any atom is -0.196 e. The van der Waals surface area contributed by atoms with Gasteiger partial charge in [0.15, 0.2) is 6.20 Å². The van der Waals surface area contributed by atoms with Crippen molar-refractivity contribution in [3.05, 3.63) is 69.9 Å². The van der Waals surface area contributed by atoms with Crippen LogP contribution in [-0.4, -0.2) is 0 Å². The Hall–Kier alpha value is -2.48. The Labute approximate surface area is 157 Å². The second-order valence-corrected chi connectivity index (χ2v) is 7.72. The molecule has 0 aliphatic carbocycles. The lowest BCUT2D eigenvalue weighted by Crippen LogP contribution is -2.41. The van der Waals surface area contributed by atoms with E-state index in [4.69, 9.17) is 0 Å². The van der Waals surface area contributed by atoms with Crippen molar-refractivity contribution in [3.8, 4) is 22.6 Å². The van der Waals surface area contributed by atoms with Gasteiger partial charge in [0, 0.05) is 28.3 Å². The van der Waals surface area contributed by atoms with E-state index in [2.05, 4.69) is 101 Å². The van der Waals surface area contributed by atoms with Crippen LogP contribution in [0.15, 0.2) is 36.5 Å². The van der Waals surface area contributed by atoms with Crippen LogP contribution in [0.5, 0.6) is 0 Å².